The molecule has 0 atom stereocenters. The van der Waals surface area contributed by atoms with Gasteiger partial charge in [0.05, 0.1) is 11.0 Å². The van der Waals surface area contributed by atoms with E-state index in [1.54, 1.807) is 0 Å². The zero-order valence-electron chi connectivity index (χ0n) is 15.6. The molecule has 4 rings (SSSR count). The van der Waals surface area contributed by atoms with E-state index in [0.29, 0.717) is 5.41 Å². The summed E-state index contributed by atoms with van der Waals surface area (Å²) in [5, 5.41) is 3.48. The average Bonchev–Trinajstić information content (AvgIpc) is 3.21. The van der Waals surface area contributed by atoms with Gasteiger partial charge in [-0.25, -0.2) is 4.98 Å². The minimum Gasteiger partial charge on any atom is -0.357 e. The lowest BCUT2D eigenvalue weighted by Crippen LogP contribution is -2.42. The number of para-hydroxylation sites is 2. The number of nitrogens with zero attached hydrogens (tertiary/aromatic N) is 3. The molecule has 2 fully saturated rings. The molecule has 1 saturated carbocycles. The number of aliphatic imine (C=N–C) groups is 1. The van der Waals surface area contributed by atoms with Crippen LogP contribution in [0.2, 0.25) is 0 Å². The maximum Gasteiger partial charge on any atom is 0.193 e. The summed E-state index contributed by atoms with van der Waals surface area (Å²) < 4.78 is 0. The Labute approximate surface area is 173 Å². The number of halogens is 1. The zero-order valence-corrected chi connectivity index (χ0v) is 18.0. The fraction of sp³-hybridized carbons (Fsp3) is 0.600. The molecular formula is C20H30IN5. The van der Waals surface area contributed by atoms with Crippen LogP contribution in [0, 0.1) is 5.41 Å². The highest BCUT2D eigenvalue weighted by molar-refractivity contribution is 14.0. The molecule has 1 spiro atoms. The maximum atomic E-state index is 4.88. The van der Waals surface area contributed by atoms with Gasteiger partial charge in [-0.3, -0.25) is 4.99 Å². The van der Waals surface area contributed by atoms with Crippen molar-refractivity contribution in [2.24, 2.45) is 10.4 Å². The largest absolute Gasteiger partial charge is 0.357 e. The van der Waals surface area contributed by atoms with Gasteiger partial charge in [0.25, 0.3) is 0 Å². The van der Waals surface area contributed by atoms with Crippen molar-refractivity contribution in [3.63, 3.8) is 0 Å². The number of aryl methyl sites for hydroxylation is 1. The van der Waals surface area contributed by atoms with E-state index in [-0.39, 0.29) is 24.0 Å². The van der Waals surface area contributed by atoms with Crippen LogP contribution in [0.15, 0.2) is 29.3 Å². The van der Waals surface area contributed by atoms with E-state index in [9.17, 15) is 0 Å². The predicted octanol–water partition coefficient (Wildman–Crippen LogP) is 3.96. The van der Waals surface area contributed by atoms with Crippen molar-refractivity contribution in [3.05, 3.63) is 30.1 Å². The summed E-state index contributed by atoms with van der Waals surface area (Å²) in [5.41, 5.74) is 2.79. The lowest BCUT2D eigenvalue weighted by molar-refractivity contribution is 0.151. The third-order valence-electron chi connectivity index (χ3n) is 5.76. The van der Waals surface area contributed by atoms with Crippen molar-refractivity contribution in [1.29, 1.82) is 0 Å². The Balaban J connectivity index is 0.00000196. The standard InChI is InChI=1S/C20H29N5.HI/c1-2-21-19(25-14-12-20(15-25)10-6-11-20)22-13-5-9-18-23-16-7-3-4-8-17(16)24-18;/h3-4,7-8H,2,5-6,9-15H2,1H3,(H,21,22)(H,23,24);1H. The molecule has 6 heteroatoms. The molecule has 26 heavy (non-hydrogen) atoms. The van der Waals surface area contributed by atoms with Crippen molar-refractivity contribution in [1.82, 2.24) is 20.2 Å². The van der Waals surface area contributed by atoms with Gasteiger partial charge in [-0.05, 0) is 50.2 Å². The molecule has 2 aliphatic rings. The highest BCUT2D eigenvalue weighted by atomic mass is 127. The summed E-state index contributed by atoms with van der Waals surface area (Å²) >= 11 is 0. The number of nitrogens with one attached hydrogen (secondary N) is 2. The summed E-state index contributed by atoms with van der Waals surface area (Å²) in [6.45, 7) is 6.30. The van der Waals surface area contributed by atoms with Gasteiger partial charge in [-0.2, -0.15) is 0 Å². The second-order valence-corrected chi connectivity index (χ2v) is 7.56. The van der Waals surface area contributed by atoms with E-state index in [2.05, 4.69) is 39.2 Å². The Hall–Kier alpha value is -1.31. The van der Waals surface area contributed by atoms with Gasteiger partial charge in [0, 0.05) is 32.6 Å². The van der Waals surface area contributed by atoms with E-state index in [1.807, 2.05) is 12.1 Å². The molecule has 2 heterocycles. The molecule has 1 aliphatic carbocycles. The molecule has 0 radical (unpaired) electrons. The highest BCUT2D eigenvalue weighted by Crippen LogP contribution is 2.47. The number of benzene rings is 1. The smallest absolute Gasteiger partial charge is 0.193 e. The molecule has 0 amide bonds. The van der Waals surface area contributed by atoms with Crippen LogP contribution in [0.1, 0.15) is 44.9 Å². The second kappa shape index (κ2) is 8.59. The number of hydrogen-bond acceptors (Lipinski definition) is 2. The SMILES string of the molecule is CCNC(=NCCCc1nc2ccccc2[nH]1)N1CCC2(CCC2)C1.I. The molecule has 1 aromatic heterocycles. The Kier molecular flexibility index (Phi) is 6.42. The average molecular weight is 467 g/mol. The maximum absolute atomic E-state index is 4.88. The van der Waals surface area contributed by atoms with Crippen LogP contribution < -0.4 is 5.32 Å². The van der Waals surface area contributed by atoms with Gasteiger partial charge in [0.1, 0.15) is 5.82 Å². The number of fused-ring (bicyclic) bond motifs is 1. The molecule has 1 saturated heterocycles. The first kappa shape index (κ1) is 19.5. The number of H-pyrrole nitrogens is 1. The Bertz CT molecular complexity index is 716. The molecule has 0 bridgehead atoms. The van der Waals surface area contributed by atoms with Crippen LogP contribution in [-0.4, -0.2) is 47.0 Å². The van der Waals surface area contributed by atoms with Gasteiger partial charge >= 0.3 is 0 Å². The monoisotopic (exact) mass is 467 g/mol. The summed E-state index contributed by atoms with van der Waals surface area (Å²) in [7, 11) is 0. The number of likely N-dealkylation sites (tertiary alicyclic amines) is 1. The normalized spacial score (nSPS) is 18.8. The van der Waals surface area contributed by atoms with Gasteiger partial charge in [-0.1, -0.05) is 18.6 Å². The van der Waals surface area contributed by atoms with E-state index in [0.717, 1.165) is 55.3 Å². The number of aromatic amines is 1. The fourth-order valence-corrected chi connectivity index (χ4v) is 4.18. The fourth-order valence-electron chi connectivity index (χ4n) is 4.18. The van der Waals surface area contributed by atoms with Crippen molar-refractivity contribution < 1.29 is 0 Å². The minimum atomic E-state index is 0. The third kappa shape index (κ3) is 4.15. The predicted molar refractivity (Wildman–Crippen MR) is 118 cm³/mol. The van der Waals surface area contributed by atoms with Crippen molar-refractivity contribution >= 4 is 41.0 Å². The quantitative estimate of drug-likeness (QED) is 0.303. The second-order valence-electron chi connectivity index (χ2n) is 7.56. The molecule has 2 aromatic rings. The lowest BCUT2D eigenvalue weighted by atomic mass is 9.68. The molecule has 142 valence electrons. The molecule has 5 nitrogen and oxygen atoms in total. The topological polar surface area (TPSA) is 56.3 Å². The van der Waals surface area contributed by atoms with Crippen LogP contribution in [0.25, 0.3) is 11.0 Å². The number of aromatic nitrogens is 2. The Morgan fingerprint density at radius 2 is 2.15 bits per heavy atom. The summed E-state index contributed by atoms with van der Waals surface area (Å²) in [6.07, 6.45) is 7.55. The van der Waals surface area contributed by atoms with Crippen LogP contribution >= 0.6 is 24.0 Å². The lowest BCUT2D eigenvalue weighted by Gasteiger charge is -2.38. The highest BCUT2D eigenvalue weighted by Gasteiger charge is 2.43. The van der Waals surface area contributed by atoms with Crippen LogP contribution in [-0.2, 0) is 6.42 Å². The van der Waals surface area contributed by atoms with Crippen LogP contribution in [0.3, 0.4) is 0 Å². The molecule has 1 aliphatic heterocycles. The number of hydrogen-bond donors (Lipinski definition) is 2. The zero-order chi connectivity index (χ0) is 17.1. The van der Waals surface area contributed by atoms with Crippen LogP contribution in [0.5, 0.6) is 0 Å². The first-order valence-electron chi connectivity index (χ1n) is 9.75. The van der Waals surface area contributed by atoms with Crippen LogP contribution in [0.4, 0.5) is 0 Å². The Morgan fingerprint density at radius 3 is 2.85 bits per heavy atom. The Morgan fingerprint density at radius 1 is 1.31 bits per heavy atom. The number of guanidine groups is 1. The molecule has 2 N–H and O–H groups in total. The summed E-state index contributed by atoms with van der Waals surface area (Å²) in [6, 6.07) is 8.21. The molecular weight excluding hydrogens is 437 g/mol. The third-order valence-corrected chi connectivity index (χ3v) is 5.76. The van der Waals surface area contributed by atoms with Gasteiger partial charge < -0.3 is 15.2 Å². The van der Waals surface area contributed by atoms with Gasteiger partial charge in [0.15, 0.2) is 5.96 Å². The van der Waals surface area contributed by atoms with E-state index in [1.165, 1.54) is 32.2 Å². The minimum absolute atomic E-state index is 0. The first-order chi connectivity index (χ1) is 12.3. The summed E-state index contributed by atoms with van der Waals surface area (Å²) in [5.74, 6) is 2.17. The molecule has 1 aromatic carbocycles. The number of rotatable bonds is 5. The number of imidazole rings is 1. The summed E-state index contributed by atoms with van der Waals surface area (Å²) in [4.78, 5) is 15.4. The van der Waals surface area contributed by atoms with E-state index in [4.69, 9.17) is 4.99 Å². The molecule has 0 unspecified atom stereocenters. The van der Waals surface area contributed by atoms with Crippen molar-refractivity contribution in [2.75, 3.05) is 26.2 Å². The van der Waals surface area contributed by atoms with Crippen molar-refractivity contribution in [2.45, 2.75) is 45.4 Å². The van der Waals surface area contributed by atoms with E-state index < -0.39 is 0 Å². The van der Waals surface area contributed by atoms with E-state index >= 15 is 0 Å². The van der Waals surface area contributed by atoms with Crippen molar-refractivity contribution in [3.8, 4) is 0 Å². The van der Waals surface area contributed by atoms with Gasteiger partial charge in [0.2, 0.25) is 0 Å². The van der Waals surface area contributed by atoms with Gasteiger partial charge in [-0.15, -0.1) is 24.0 Å². The first-order valence-corrected chi connectivity index (χ1v) is 9.75.